The molecule has 1 aromatic heterocycles. The summed E-state index contributed by atoms with van der Waals surface area (Å²) < 4.78 is 0. The van der Waals surface area contributed by atoms with Gasteiger partial charge in [0.25, 0.3) is 17.7 Å². The summed E-state index contributed by atoms with van der Waals surface area (Å²) in [5, 5.41) is 2.76. The highest BCUT2D eigenvalue weighted by Gasteiger charge is 2.35. The summed E-state index contributed by atoms with van der Waals surface area (Å²) in [4.78, 5) is 42.5. The van der Waals surface area contributed by atoms with Gasteiger partial charge in [-0.05, 0) is 49.2 Å². The van der Waals surface area contributed by atoms with Crippen LogP contribution in [0.2, 0.25) is 0 Å². The second-order valence-corrected chi connectivity index (χ2v) is 6.33. The molecule has 0 saturated carbocycles. The van der Waals surface area contributed by atoms with Crippen LogP contribution in [0.1, 0.15) is 50.0 Å². The fraction of sp³-hybridized carbons (Fsp3) is 0.263. The highest BCUT2D eigenvalue weighted by atomic mass is 35.5. The van der Waals surface area contributed by atoms with Crippen molar-refractivity contribution in [1.29, 1.82) is 0 Å². The van der Waals surface area contributed by atoms with E-state index in [0.29, 0.717) is 24.1 Å². The van der Waals surface area contributed by atoms with E-state index in [1.165, 1.54) is 17.0 Å². The quantitative estimate of drug-likeness (QED) is 0.691. The van der Waals surface area contributed by atoms with Crippen LogP contribution in [0.15, 0.2) is 42.7 Å². The van der Waals surface area contributed by atoms with Gasteiger partial charge in [0.1, 0.15) is 0 Å². The predicted molar refractivity (Wildman–Crippen MR) is 110 cm³/mol. The Balaban J connectivity index is 0.00000196. The monoisotopic (exact) mass is 424 g/mol. The molecule has 28 heavy (non-hydrogen) atoms. The Morgan fingerprint density at radius 1 is 1.11 bits per heavy atom. The third-order valence-electron chi connectivity index (χ3n) is 4.21. The van der Waals surface area contributed by atoms with Crippen molar-refractivity contribution in [3.8, 4) is 0 Å². The third kappa shape index (κ3) is 5.07. The number of imide groups is 1. The lowest BCUT2D eigenvalue weighted by Crippen LogP contribution is -2.29. The number of hydrogen-bond acceptors (Lipinski definition) is 5. The van der Waals surface area contributed by atoms with Crippen molar-refractivity contribution in [2.24, 2.45) is 5.73 Å². The molecule has 0 bridgehead atoms. The van der Waals surface area contributed by atoms with Gasteiger partial charge in [0, 0.05) is 30.5 Å². The second kappa shape index (κ2) is 10.2. The van der Waals surface area contributed by atoms with Gasteiger partial charge in [0.2, 0.25) is 0 Å². The first kappa shape index (κ1) is 23.6. The molecule has 7 nitrogen and oxygen atoms in total. The maximum atomic E-state index is 12.6. The van der Waals surface area contributed by atoms with Gasteiger partial charge in [-0.25, -0.2) is 0 Å². The lowest BCUT2D eigenvalue weighted by molar-refractivity contribution is 0.0642. The van der Waals surface area contributed by atoms with Crippen molar-refractivity contribution in [3.63, 3.8) is 0 Å². The van der Waals surface area contributed by atoms with Gasteiger partial charge in [0.15, 0.2) is 0 Å². The molecular weight excluding hydrogens is 403 g/mol. The number of fused-ring (bicyclic) bond motifs is 1. The average Bonchev–Trinajstić information content (AvgIpc) is 2.87. The molecule has 3 rings (SSSR count). The molecule has 2 heterocycles. The van der Waals surface area contributed by atoms with Crippen LogP contribution in [0.25, 0.3) is 0 Å². The Labute approximate surface area is 175 Å². The zero-order valence-corrected chi connectivity index (χ0v) is 16.9. The van der Waals surface area contributed by atoms with Crippen molar-refractivity contribution >= 4 is 42.5 Å². The first-order chi connectivity index (χ1) is 12.5. The zero-order chi connectivity index (χ0) is 18.7. The molecule has 3 amide bonds. The van der Waals surface area contributed by atoms with Crippen molar-refractivity contribution < 1.29 is 14.4 Å². The third-order valence-corrected chi connectivity index (χ3v) is 4.21. The number of amides is 3. The van der Waals surface area contributed by atoms with Crippen LogP contribution in [-0.4, -0.2) is 40.2 Å². The Kier molecular flexibility index (Phi) is 8.56. The molecule has 0 fully saturated rings. The average molecular weight is 425 g/mol. The van der Waals surface area contributed by atoms with Crippen LogP contribution in [0.5, 0.6) is 0 Å². The summed E-state index contributed by atoms with van der Waals surface area (Å²) in [7, 11) is 0. The minimum atomic E-state index is -0.396. The number of rotatable bonds is 6. The topological polar surface area (TPSA) is 105 Å². The molecule has 1 aliphatic rings. The summed E-state index contributed by atoms with van der Waals surface area (Å²) in [6, 6.07) is 8.06. The van der Waals surface area contributed by atoms with Crippen LogP contribution < -0.4 is 11.1 Å². The lowest BCUT2D eigenvalue weighted by atomic mass is 10.1. The number of nitrogens with one attached hydrogen (secondary N) is 1. The number of aromatic nitrogens is 1. The SMILES string of the molecule is CC(N)CCNC(=O)c1ccc2c(c1)C(=O)N(Cc1ccncc1)C2=O.Cl.Cl. The number of hydrogen-bond donors (Lipinski definition) is 2. The van der Waals surface area contributed by atoms with Crippen LogP contribution in [0.3, 0.4) is 0 Å². The van der Waals surface area contributed by atoms with Gasteiger partial charge in [-0.2, -0.15) is 0 Å². The standard InChI is InChI=1S/C19H20N4O3.2ClH/c1-12(20)4-9-22-17(24)14-2-3-15-16(10-14)19(26)23(18(15)25)11-13-5-7-21-8-6-13;;/h2-3,5-8,10,12H,4,9,11,20H2,1H3,(H,22,24);2*1H. The number of halogens is 2. The molecule has 1 unspecified atom stereocenters. The number of nitrogens with zero attached hydrogens (tertiary/aromatic N) is 2. The maximum Gasteiger partial charge on any atom is 0.261 e. The Morgan fingerprint density at radius 2 is 1.75 bits per heavy atom. The molecule has 0 aliphatic carbocycles. The van der Waals surface area contributed by atoms with Gasteiger partial charge in [-0.1, -0.05) is 0 Å². The van der Waals surface area contributed by atoms with E-state index in [0.717, 1.165) is 5.56 Å². The lowest BCUT2D eigenvalue weighted by Gasteiger charge is -2.13. The minimum absolute atomic E-state index is 0. The number of benzene rings is 1. The smallest absolute Gasteiger partial charge is 0.261 e. The van der Waals surface area contributed by atoms with E-state index >= 15 is 0 Å². The van der Waals surface area contributed by atoms with Crippen molar-refractivity contribution in [3.05, 3.63) is 65.0 Å². The van der Waals surface area contributed by atoms with Crippen LogP contribution in [-0.2, 0) is 6.54 Å². The Bertz CT molecular complexity index is 860. The molecule has 2 aromatic rings. The summed E-state index contributed by atoms with van der Waals surface area (Å²) >= 11 is 0. The van der Waals surface area contributed by atoms with Gasteiger partial charge in [-0.3, -0.25) is 24.3 Å². The van der Waals surface area contributed by atoms with Gasteiger partial charge in [0.05, 0.1) is 17.7 Å². The van der Waals surface area contributed by atoms with E-state index in [9.17, 15) is 14.4 Å². The van der Waals surface area contributed by atoms with Crippen LogP contribution in [0.4, 0.5) is 0 Å². The fourth-order valence-electron chi connectivity index (χ4n) is 2.76. The van der Waals surface area contributed by atoms with E-state index in [1.54, 1.807) is 30.6 Å². The molecule has 150 valence electrons. The fourth-order valence-corrected chi connectivity index (χ4v) is 2.76. The molecule has 3 N–H and O–H groups in total. The van der Waals surface area contributed by atoms with Gasteiger partial charge in [-0.15, -0.1) is 24.8 Å². The summed E-state index contributed by atoms with van der Waals surface area (Å²) in [6.07, 6.45) is 3.88. The molecule has 9 heteroatoms. The predicted octanol–water partition coefficient (Wildman–Crippen LogP) is 2.19. The summed E-state index contributed by atoms with van der Waals surface area (Å²) in [5.41, 5.74) is 7.39. The first-order valence-corrected chi connectivity index (χ1v) is 8.40. The zero-order valence-electron chi connectivity index (χ0n) is 15.3. The largest absolute Gasteiger partial charge is 0.352 e. The molecule has 1 aliphatic heterocycles. The van der Waals surface area contributed by atoms with Crippen molar-refractivity contribution in [2.45, 2.75) is 25.9 Å². The molecule has 0 saturated heterocycles. The van der Waals surface area contributed by atoms with Crippen molar-refractivity contribution in [2.75, 3.05) is 6.54 Å². The van der Waals surface area contributed by atoms with E-state index < -0.39 is 5.91 Å². The highest BCUT2D eigenvalue weighted by molar-refractivity contribution is 6.22. The molecule has 0 spiro atoms. The number of nitrogens with two attached hydrogens (primary N) is 1. The highest BCUT2D eigenvalue weighted by Crippen LogP contribution is 2.25. The normalized spacial score (nSPS) is 13.3. The van der Waals surface area contributed by atoms with Gasteiger partial charge < -0.3 is 11.1 Å². The molecular formula is C19H22Cl2N4O3. The molecule has 1 atom stereocenters. The Morgan fingerprint density at radius 3 is 2.39 bits per heavy atom. The van der Waals surface area contributed by atoms with Crippen molar-refractivity contribution in [1.82, 2.24) is 15.2 Å². The van der Waals surface area contributed by atoms with Crippen LogP contribution >= 0.6 is 24.8 Å². The first-order valence-electron chi connectivity index (χ1n) is 8.40. The minimum Gasteiger partial charge on any atom is -0.352 e. The van der Waals surface area contributed by atoms with Crippen LogP contribution in [0, 0.1) is 0 Å². The molecule has 1 aromatic carbocycles. The van der Waals surface area contributed by atoms with E-state index in [-0.39, 0.29) is 54.8 Å². The maximum absolute atomic E-state index is 12.6. The summed E-state index contributed by atoms with van der Waals surface area (Å²) in [6.45, 7) is 2.49. The number of pyridine rings is 1. The molecule has 0 radical (unpaired) electrons. The van der Waals surface area contributed by atoms with E-state index in [1.807, 2.05) is 6.92 Å². The summed E-state index contributed by atoms with van der Waals surface area (Å²) in [5.74, 6) is -1.04. The van der Waals surface area contributed by atoms with E-state index in [2.05, 4.69) is 10.3 Å². The number of carbonyl (C=O) groups is 3. The Hall–Kier alpha value is -2.48. The second-order valence-electron chi connectivity index (χ2n) is 6.33. The number of carbonyl (C=O) groups excluding carboxylic acids is 3. The van der Waals surface area contributed by atoms with E-state index in [4.69, 9.17) is 5.73 Å². The van der Waals surface area contributed by atoms with Gasteiger partial charge >= 0.3 is 0 Å².